The zero-order valence-corrected chi connectivity index (χ0v) is 12.0. The first-order valence-corrected chi connectivity index (χ1v) is 6.32. The van der Waals surface area contributed by atoms with Crippen LogP contribution < -0.4 is 11.1 Å². The number of benzene rings is 1. The fourth-order valence-corrected chi connectivity index (χ4v) is 1.90. The molecule has 3 N–H and O–H groups in total. The summed E-state index contributed by atoms with van der Waals surface area (Å²) in [4.78, 5) is 15.8. The average molecular weight is 312 g/mol. The molecule has 1 aromatic carbocycles. The fourth-order valence-electron chi connectivity index (χ4n) is 1.57. The second-order valence-electron chi connectivity index (χ2n) is 3.91. The molecule has 5 nitrogen and oxygen atoms in total. The smallest absolute Gasteiger partial charge is 0.341 e. The molecule has 2 rings (SSSR count). The van der Waals surface area contributed by atoms with Crippen LogP contribution in [-0.2, 0) is 4.74 Å². The SMILES string of the molecule is COC(=O)c1cc(N)cnc1Nc1cc(Cl)ccc1Cl. The van der Waals surface area contributed by atoms with E-state index in [2.05, 4.69) is 10.3 Å². The molecule has 2 aromatic rings. The Morgan fingerprint density at radius 1 is 1.35 bits per heavy atom. The number of nitrogen functional groups attached to an aromatic ring is 1. The number of halogens is 2. The molecule has 1 heterocycles. The van der Waals surface area contributed by atoms with E-state index in [0.717, 1.165) is 0 Å². The number of esters is 1. The number of carbonyl (C=O) groups is 1. The lowest BCUT2D eigenvalue weighted by Gasteiger charge is -2.11. The number of ether oxygens (including phenoxy) is 1. The van der Waals surface area contributed by atoms with Gasteiger partial charge in [-0.25, -0.2) is 9.78 Å². The minimum absolute atomic E-state index is 0.212. The van der Waals surface area contributed by atoms with Crippen LogP contribution in [0.5, 0.6) is 0 Å². The van der Waals surface area contributed by atoms with Crippen molar-refractivity contribution in [1.82, 2.24) is 4.98 Å². The molecule has 0 unspecified atom stereocenters. The van der Waals surface area contributed by atoms with Crippen LogP contribution in [0.15, 0.2) is 30.5 Å². The lowest BCUT2D eigenvalue weighted by Crippen LogP contribution is -2.08. The fraction of sp³-hybridized carbons (Fsp3) is 0.0769. The molecule has 20 heavy (non-hydrogen) atoms. The van der Waals surface area contributed by atoms with Gasteiger partial charge in [0.05, 0.1) is 29.7 Å². The molecule has 0 aliphatic carbocycles. The van der Waals surface area contributed by atoms with Crippen LogP contribution in [0.3, 0.4) is 0 Å². The van der Waals surface area contributed by atoms with Gasteiger partial charge in [-0.2, -0.15) is 0 Å². The Morgan fingerprint density at radius 2 is 2.10 bits per heavy atom. The number of hydrogen-bond acceptors (Lipinski definition) is 5. The molecule has 0 fully saturated rings. The first-order chi connectivity index (χ1) is 9.51. The van der Waals surface area contributed by atoms with Gasteiger partial charge in [0.2, 0.25) is 0 Å². The van der Waals surface area contributed by atoms with Crippen LogP contribution in [0, 0.1) is 0 Å². The van der Waals surface area contributed by atoms with E-state index in [1.165, 1.54) is 19.4 Å². The van der Waals surface area contributed by atoms with Gasteiger partial charge < -0.3 is 15.8 Å². The molecule has 0 amide bonds. The van der Waals surface area contributed by atoms with E-state index in [1.54, 1.807) is 18.2 Å². The molecule has 104 valence electrons. The quantitative estimate of drug-likeness (QED) is 0.848. The molecule has 0 radical (unpaired) electrons. The van der Waals surface area contributed by atoms with Crippen molar-refractivity contribution in [1.29, 1.82) is 0 Å². The zero-order chi connectivity index (χ0) is 14.7. The molecule has 1 aromatic heterocycles. The van der Waals surface area contributed by atoms with Gasteiger partial charge in [-0.05, 0) is 24.3 Å². The summed E-state index contributed by atoms with van der Waals surface area (Å²) >= 11 is 12.0. The molecule has 0 bridgehead atoms. The number of nitrogens with zero attached hydrogens (tertiary/aromatic N) is 1. The highest BCUT2D eigenvalue weighted by atomic mass is 35.5. The predicted molar refractivity (Wildman–Crippen MR) is 79.7 cm³/mol. The van der Waals surface area contributed by atoms with Gasteiger partial charge in [-0.3, -0.25) is 0 Å². The maximum Gasteiger partial charge on any atom is 0.341 e. The number of hydrogen-bond donors (Lipinski definition) is 2. The van der Waals surface area contributed by atoms with Crippen molar-refractivity contribution in [3.63, 3.8) is 0 Å². The molecule has 0 aliphatic rings. The van der Waals surface area contributed by atoms with Crippen molar-refractivity contribution >= 4 is 46.4 Å². The second-order valence-corrected chi connectivity index (χ2v) is 4.75. The number of pyridine rings is 1. The van der Waals surface area contributed by atoms with Crippen molar-refractivity contribution in [2.24, 2.45) is 0 Å². The lowest BCUT2D eigenvalue weighted by molar-refractivity contribution is 0.0601. The summed E-state index contributed by atoms with van der Waals surface area (Å²) in [6.07, 6.45) is 1.42. The number of anilines is 3. The summed E-state index contributed by atoms with van der Waals surface area (Å²) in [6.45, 7) is 0. The third kappa shape index (κ3) is 3.12. The molecule has 0 spiro atoms. The lowest BCUT2D eigenvalue weighted by atomic mass is 10.2. The van der Waals surface area contributed by atoms with Crippen molar-refractivity contribution in [3.05, 3.63) is 46.1 Å². The Labute approximate surface area is 125 Å². The Bertz CT molecular complexity index is 662. The molecule has 7 heteroatoms. The topological polar surface area (TPSA) is 77.2 Å². The highest BCUT2D eigenvalue weighted by molar-refractivity contribution is 6.35. The predicted octanol–water partition coefficient (Wildman–Crippen LogP) is 3.50. The van der Waals surface area contributed by atoms with Crippen LogP contribution in [0.2, 0.25) is 10.0 Å². The van der Waals surface area contributed by atoms with Crippen LogP contribution in [0.4, 0.5) is 17.2 Å². The molecular weight excluding hydrogens is 301 g/mol. The van der Waals surface area contributed by atoms with Gasteiger partial charge in [0.25, 0.3) is 0 Å². The maximum atomic E-state index is 11.7. The van der Waals surface area contributed by atoms with Gasteiger partial charge in [-0.1, -0.05) is 23.2 Å². The number of nitrogens with two attached hydrogens (primary N) is 1. The van der Waals surface area contributed by atoms with E-state index in [4.69, 9.17) is 33.7 Å². The molecule has 0 aliphatic heterocycles. The summed E-state index contributed by atoms with van der Waals surface area (Å²) in [5.74, 6) is -0.263. The third-order valence-electron chi connectivity index (χ3n) is 2.50. The van der Waals surface area contributed by atoms with Crippen LogP contribution in [0.1, 0.15) is 10.4 Å². The van der Waals surface area contributed by atoms with Crippen LogP contribution >= 0.6 is 23.2 Å². The second kappa shape index (κ2) is 5.98. The summed E-state index contributed by atoms with van der Waals surface area (Å²) in [5.41, 5.74) is 6.72. The molecular formula is C13H11Cl2N3O2. The normalized spacial score (nSPS) is 10.2. The standard InChI is InChI=1S/C13H11Cl2N3O2/c1-20-13(19)9-5-8(16)6-17-12(9)18-11-4-7(14)2-3-10(11)15/h2-6H,16H2,1H3,(H,17,18). The van der Waals surface area contributed by atoms with Gasteiger partial charge in [0.15, 0.2) is 0 Å². The zero-order valence-electron chi connectivity index (χ0n) is 10.5. The average Bonchev–Trinajstić information content (AvgIpc) is 2.43. The third-order valence-corrected chi connectivity index (χ3v) is 3.06. The summed E-state index contributed by atoms with van der Waals surface area (Å²) in [6, 6.07) is 6.40. The van der Waals surface area contributed by atoms with E-state index >= 15 is 0 Å². The molecule has 0 saturated carbocycles. The number of carbonyl (C=O) groups excluding carboxylic acids is 1. The minimum atomic E-state index is -0.551. The molecule has 0 atom stereocenters. The van der Waals surface area contributed by atoms with Crippen LogP contribution in [0.25, 0.3) is 0 Å². The minimum Gasteiger partial charge on any atom is -0.465 e. The first-order valence-electron chi connectivity index (χ1n) is 5.57. The van der Waals surface area contributed by atoms with Crippen molar-refractivity contribution in [3.8, 4) is 0 Å². The highest BCUT2D eigenvalue weighted by Crippen LogP contribution is 2.29. The molecule has 0 saturated heterocycles. The number of aromatic nitrogens is 1. The van der Waals surface area contributed by atoms with Gasteiger partial charge in [0.1, 0.15) is 11.4 Å². The van der Waals surface area contributed by atoms with Crippen LogP contribution in [-0.4, -0.2) is 18.1 Å². The van der Waals surface area contributed by atoms with Gasteiger partial charge >= 0.3 is 5.97 Å². The monoisotopic (exact) mass is 311 g/mol. The number of methoxy groups -OCH3 is 1. The Hall–Kier alpha value is -1.98. The summed E-state index contributed by atoms with van der Waals surface area (Å²) in [5, 5.41) is 3.89. The number of nitrogens with one attached hydrogen (secondary N) is 1. The van der Waals surface area contributed by atoms with Crippen molar-refractivity contribution in [2.45, 2.75) is 0 Å². The Morgan fingerprint density at radius 3 is 2.80 bits per heavy atom. The summed E-state index contributed by atoms with van der Waals surface area (Å²) in [7, 11) is 1.28. The first kappa shape index (κ1) is 14.4. The van der Waals surface area contributed by atoms with Gasteiger partial charge in [0, 0.05) is 5.02 Å². The maximum absolute atomic E-state index is 11.7. The van der Waals surface area contributed by atoms with Crippen molar-refractivity contribution < 1.29 is 9.53 Å². The number of rotatable bonds is 3. The highest BCUT2D eigenvalue weighted by Gasteiger charge is 2.15. The van der Waals surface area contributed by atoms with E-state index in [1.807, 2.05) is 0 Å². The largest absolute Gasteiger partial charge is 0.465 e. The Balaban J connectivity index is 2.43. The van der Waals surface area contributed by atoms with Gasteiger partial charge in [-0.15, -0.1) is 0 Å². The van der Waals surface area contributed by atoms with E-state index in [-0.39, 0.29) is 11.4 Å². The Kier molecular flexibility index (Phi) is 4.32. The van der Waals surface area contributed by atoms with E-state index in [9.17, 15) is 4.79 Å². The van der Waals surface area contributed by atoms with E-state index in [0.29, 0.717) is 21.4 Å². The van der Waals surface area contributed by atoms with E-state index < -0.39 is 5.97 Å². The summed E-state index contributed by atoms with van der Waals surface area (Å²) < 4.78 is 4.69. The van der Waals surface area contributed by atoms with Crippen molar-refractivity contribution in [2.75, 3.05) is 18.2 Å².